The van der Waals surface area contributed by atoms with Crippen molar-refractivity contribution in [1.82, 2.24) is 15.0 Å². The van der Waals surface area contributed by atoms with Gasteiger partial charge in [-0.1, -0.05) is 6.92 Å². The zero-order valence-electron chi connectivity index (χ0n) is 10.3. The van der Waals surface area contributed by atoms with Crippen LogP contribution < -0.4 is 5.32 Å². The van der Waals surface area contributed by atoms with Crippen molar-refractivity contribution in [3.8, 4) is 0 Å². The van der Waals surface area contributed by atoms with Crippen molar-refractivity contribution < 1.29 is 4.92 Å². The molecule has 100 valence electrons. The third-order valence-electron chi connectivity index (χ3n) is 2.26. The fourth-order valence-corrected chi connectivity index (χ4v) is 2.21. The van der Waals surface area contributed by atoms with Gasteiger partial charge in [-0.25, -0.2) is 9.97 Å². The molecule has 0 saturated heterocycles. The van der Waals surface area contributed by atoms with E-state index in [9.17, 15) is 10.1 Å². The summed E-state index contributed by atoms with van der Waals surface area (Å²) >= 11 is 1.14. The van der Waals surface area contributed by atoms with Crippen molar-refractivity contribution >= 4 is 23.3 Å². The first-order valence-corrected chi connectivity index (χ1v) is 6.59. The topological polar surface area (TPSA) is 96.7 Å². The molecule has 0 radical (unpaired) electrons. The van der Waals surface area contributed by atoms with Gasteiger partial charge in [-0.15, -0.1) is 0 Å². The normalized spacial score (nSPS) is 10.4. The number of aromatic nitrogens is 3. The number of nitrogens with one attached hydrogen (secondary N) is 2. The van der Waals surface area contributed by atoms with Gasteiger partial charge in [0.15, 0.2) is 10.2 Å². The number of H-pyrrole nitrogens is 1. The summed E-state index contributed by atoms with van der Waals surface area (Å²) < 4.78 is 0. The highest BCUT2D eigenvalue weighted by atomic mass is 32.2. The van der Waals surface area contributed by atoms with Crippen LogP contribution in [0.2, 0.25) is 0 Å². The highest BCUT2D eigenvalue weighted by Gasteiger charge is 2.18. The lowest BCUT2D eigenvalue weighted by atomic mass is 10.4. The van der Waals surface area contributed by atoms with E-state index in [1.807, 2.05) is 6.92 Å². The molecule has 0 unspecified atom stereocenters. The Kier molecular flexibility index (Phi) is 4.35. The summed E-state index contributed by atoms with van der Waals surface area (Å²) in [6.07, 6.45) is 4.21. The number of anilines is 1. The summed E-state index contributed by atoms with van der Waals surface area (Å²) in [6, 6.07) is 3.07. The van der Waals surface area contributed by atoms with Crippen molar-refractivity contribution in [2.45, 2.75) is 23.5 Å². The molecule has 19 heavy (non-hydrogen) atoms. The van der Waals surface area contributed by atoms with Crippen LogP contribution in [-0.2, 0) is 0 Å². The first-order chi connectivity index (χ1) is 9.20. The van der Waals surface area contributed by atoms with Crippen LogP contribution in [0.4, 0.5) is 11.5 Å². The lowest BCUT2D eigenvalue weighted by molar-refractivity contribution is -0.388. The summed E-state index contributed by atoms with van der Waals surface area (Å²) in [5.41, 5.74) is -0.0246. The summed E-state index contributed by atoms with van der Waals surface area (Å²) in [5, 5.41) is 15.0. The molecule has 2 N–H and O–H groups in total. The van der Waals surface area contributed by atoms with E-state index in [0.717, 1.165) is 24.7 Å². The summed E-state index contributed by atoms with van der Waals surface area (Å²) in [5.74, 6) is 0.626. The number of nitrogens with zero attached hydrogens (tertiary/aromatic N) is 3. The highest BCUT2D eigenvalue weighted by molar-refractivity contribution is 7.99. The van der Waals surface area contributed by atoms with Crippen LogP contribution in [0.1, 0.15) is 13.3 Å². The molecular formula is C11H13N5O2S. The van der Waals surface area contributed by atoms with E-state index in [1.165, 1.54) is 6.07 Å². The fourth-order valence-electron chi connectivity index (χ4n) is 1.40. The second-order valence-corrected chi connectivity index (χ2v) is 4.68. The number of hydrogen-bond acceptors (Lipinski definition) is 6. The zero-order valence-corrected chi connectivity index (χ0v) is 11.1. The summed E-state index contributed by atoms with van der Waals surface area (Å²) in [4.78, 5) is 21.7. The Morgan fingerprint density at radius 2 is 2.37 bits per heavy atom. The molecule has 8 heteroatoms. The van der Waals surface area contributed by atoms with E-state index in [2.05, 4.69) is 20.3 Å². The van der Waals surface area contributed by atoms with Crippen molar-refractivity contribution in [1.29, 1.82) is 0 Å². The van der Waals surface area contributed by atoms with Gasteiger partial charge in [0, 0.05) is 25.0 Å². The Morgan fingerprint density at radius 3 is 3.00 bits per heavy atom. The molecule has 0 spiro atoms. The van der Waals surface area contributed by atoms with Crippen LogP contribution in [0.5, 0.6) is 0 Å². The van der Waals surface area contributed by atoms with Gasteiger partial charge in [0.2, 0.25) is 0 Å². The van der Waals surface area contributed by atoms with Gasteiger partial charge in [0.1, 0.15) is 5.82 Å². The van der Waals surface area contributed by atoms with Gasteiger partial charge < -0.3 is 10.3 Å². The Morgan fingerprint density at radius 1 is 1.53 bits per heavy atom. The quantitative estimate of drug-likeness (QED) is 0.623. The molecule has 2 aromatic rings. The van der Waals surface area contributed by atoms with Crippen molar-refractivity contribution in [3.05, 3.63) is 34.6 Å². The zero-order chi connectivity index (χ0) is 13.7. The van der Waals surface area contributed by atoms with Crippen molar-refractivity contribution in [2.75, 3.05) is 11.9 Å². The molecule has 0 atom stereocenters. The molecule has 0 aromatic carbocycles. The Balaban J connectivity index is 2.27. The molecule has 0 fully saturated rings. The molecule has 2 rings (SSSR count). The number of imidazole rings is 1. The van der Waals surface area contributed by atoms with Crippen LogP contribution in [0.25, 0.3) is 0 Å². The average molecular weight is 279 g/mol. The maximum Gasteiger partial charge on any atom is 0.301 e. The maximum absolute atomic E-state index is 11.0. The Labute approximate surface area is 114 Å². The number of pyridine rings is 1. The van der Waals surface area contributed by atoms with E-state index in [4.69, 9.17) is 0 Å². The molecule has 0 aliphatic heterocycles. The van der Waals surface area contributed by atoms with Crippen LogP contribution in [0, 0.1) is 10.1 Å². The number of aromatic amines is 1. The van der Waals surface area contributed by atoms with Crippen LogP contribution in [0.3, 0.4) is 0 Å². The maximum atomic E-state index is 11.0. The van der Waals surface area contributed by atoms with Crippen LogP contribution >= 0.6 is 11.8 Å². The molecule has 0 bridgehead atoms. The third-order valence-corrected chi connectivity index (χ3v) is 3.17. The predicted octanol–water partition coefficient (Wildman–Crippen LogP) is 2.69. The Hall–Kier alpha value is -2.09. The lowest BCUT2D eigenvalue weighted by Gasteiger charge is -2.06. The van der Waals surface area contributed by atoms with Gasteiger partial charge in [-0.3, -0.25) is 10.1 Å². The molecule has 7 nitrogen and oxygen atoms in total. The van der Waals surface area contributed by atoms with E-state index < -0.39 is 4.92 Å². The largest absolute Gasteiger partial charge is 0.370 e. The molecule has 0 saturated carbocycles. The number of nitro groups is 1. The predicted molar refractivity (Wildman–Crippen MR) is 72.4 cm³/mol. The van der Waals surface area contributed by atoms with Gasteiger partial charge in [-0.05, 0) is 24.2 Å². The van der Waals surface area contributed by atoms with Crippen molar-refractivity contribution in [3.63, 3.8) is 0 Å². The monoisotopic (exact) mass is 279 g/mol. The van der Waals surface area contributed by atoms with Gasteiger partial charge in [-0.2, -0.15) is 0 Å². The highest BCUT2D eigenvalue weighted by Crippen LogP contribution is 2.32. The van der Waals surface area contributed by atoms with E-state index >= 15 is 0 Å². The molecular weight excluding hydrogens is 266 g/mol. The second kappa shape index (κ2) is 6.19. The standard InChI is InChI=1S/C11H13N5O2S/c1-2-5-12-9-4-3-8(16(17)18)10(15-9)19-11-13-6-7-14-11/h3-4,6-7H,2,5H2,1H3,(H,12,15)(H,13,14). The first-order valence-electron chi connectivity index (χ1n) is 5.77. The number of hydrogen-bond donors (Lipinski definition) is 2. The van der Waals surface area contributed by atoms with Crippen LogP contribution in [0.15, 0.2) is 34.7 Å². The molecule has 0 amide bonds. The minimum absolute atomic E-state index is 0.0246. The van der Waals surface area contributed by atoms with Crippen LogP contribution in [-0.4, -0.2) is 26.4 Å². The minimum atomic E-state index is -0.443. The number of rotatable bonds is 6. The first kappa shape index (κ1) is 13.3. The van der Waals surface area contributed by atoms with E-state index in [-0.39, 0.29) is 5.69 Å². The fraction of sp³-hybridized carbons (Fsp3) is 0.273. The SMILES string of the molecule is CCCNc1ccc([N+](=O)[O-])c(Sc2ncc[nH]2)n1. The summed E-state index contributed by atoms with van der Waals surface area (Å²) in [7, 11) is 0. The van der Waals surface area contributed by atoms with Gasteiger partial charge >= 0.3 is 5.69 Å². The lowest BCUT2D eigenvalue weighted by Crippen LogP contribution is -2.03. The van der Waals surface area contributed by atoms with Gasteiger partial charge in [0.05, 0.1) is 4.92 Å². The minimum Gasteiger partial charge on any atom is -0.370 e. The van der Waals surface area contributed by atoms with E-state index in [1.54, 1.807) is 18.5 Å². The Bertz CT molecular complexity index is 558. The summed E-state index contributed by atoms with van der Waals surface area (Å²) in [6.45, 7) is 2.81. The third kappa shape index (κ3) is 3.44. The van der Waals surface area contributed by atoms with Gasteiger partial charge in [0.25, 0.3) is 0 Å². The smallest absolute Gasteiger partial charge is 0.301 e. The molecule has 0 aliphatic rings. The molecule has 0 aliphatic carbocycles. The second-order valence-electron chi connectivity index (χ2n) is 3.70. The molecule has 2 heterocycles. The van der Waals surface area contributed by atoms with Crippen molar-refractivity contribution in [2.24, 2.45) is 0 Å². The van der Waals surface area contributed by atoms with E-state index in [0.29, 0.717) is 16.0 Å². The average Bonchev–Trinajstić information content (AvgIpc) is 2.89. The molecule has 2 aromatic heterocycles.